The molecule has 4 nitrogen and oxygen atoms in total. The molecule has 0 atom stereocenters. The van der Waals surface area contributed by atoms with Crippen LogP contribution in [0.15, 0.2) is 65.6 Å². The monoisotopic (exact) mass is 385 g/mol. The first-order valence-corrected chi connectivity index (χ1v) is 8.35. The van der Waals surface area contributed by atoms with Gasteiger partial charge in [0.05, 0.1) is 0 Å². The average molecular weight is 386 g/mol. The first kappa shape index (κ1) is 17.2. The van der Waals surface area contributed by atoms with Crippen LogP contribution >= 0.6 is 11.6 Å². The first-order chi connectivity index (χ1) is 13.0. The van der Waals surface area contributed by atoms with E-state index < -0.39 is 22.8 Å². The van der Waals surface area contributed by atoms with E-state index in [4.69, 9.17) is 11.6 Å². The third kappa shape index (κ3) is 2.84. The summed E-state index contributed by atoms with van der Waals surface area (Å²) in [4.78, 5) is 14.8. The highest BCUT2D eigenvalue weighted by Crippen LogP contribution is 2.35. The Bertz CT molecular complexity index is 1230. The van der Waals surface area contributed by atoms with Gasteiger partial charge >= 0.3 is 0 Å². The zero-order valence-corrected chi connectivity index (χ0v) is 14.5. The number of nitrogens with one attached hydrogen (secondary N) is 1. The van der Waals surface area contributed by atoms with E-state index in [1.165, 1.54) is 24.4 Å². The lowest BCUT2D eigenvalue weighted by atomic mass is 9.99. The van der Waals surface area contributed by atoms with E-state index in [0.717, 1.165) is 12.1 Å². The molecule has 7 heteroatoms. The molecule has 2 N–H and O–H groups in total. The number of pyridine rings is 2. The highest BCUT2D eigenvalue weighted by molar-refractivity contribution is 6.33. The molecule has 2 heterocycles. The molecule has 0 spiro atoms. The van der Waals surface area contributed by atoms with Crippen LogP contribution in [0.5, 0.6) is 0 Å². The molecule has 0 fully saturated rings. The van der Waals surface area contributed by atoms with Gasteiger partial charge in [-0.25, -0.2) is 8.78 Å². The zero-order chi connectivity index (χ0) is 19.1. The molecule has 4 aromatic rings. The summed E-state index contributed by atoms with van der Waals surface area (Å²) in [6, 6.07) is 13.2. The minimum atomic E-state index is -0.866. The number of rotatable bonds is 2. The fourth-order valence-electron chi connectivity index (χ4n) is 3.13. The second-order valence-electron chi connectivity index (χ2n) is 5.92. The van der Waals surface area contributed by atoms with Crippen molar-refractivity contribution in [3.63, 3.8) is 0 Å². The van der Waals surface area contributed by atoms with Gasteiger partial charge in [-0.2, -0.15) is 0 Å². The topological polar surface area (TPSA) is 57.0 Å². The molecule has 0 aliphatic rings. The Labute approximate surface area is 156 Å². The number of halogens is 3. The van der Waals surface area contributed by atoms with Crippen molar-refractivity contribution in [3.8, 4) is 22.4 Å². The minimum Gasteiger partial charge on any atom is -0.316 e. The van der Waals surface area contributed by atoms with Gasteiger partial charge in [0.2, 0.25) is 11.8 Å². The molecule has 0 unspecified atom stereocenters. The average Bonchev–Trinajstić information content (AvgIpc) is 2.63. The van der Waals surface area contributed by atoms with Gasteiger partial charge in [-0.3, -0.25) is 10.0 Å². The standard InChI is InChI=1S/C20H11ClF2N2O2/c21-14-5-2-1-4-11(14)13-10-17(26)24-19-12(13)8-9-25(27)20(19)18-15(22)6-3-7-16(18)23/h1-10H,(H-,24,26,27)/p+1. The molecular formula is C20H12ClF2N2O2+. The maximum Gasteiger partial charge on any atom is 0.294 e. The molecule has 0 aliphatic heterocycles. The van der Waals surface area contributed by atoms with Crippen LogP contribution < -0.4 is 10.3 Å². The van der Waals surface area contributed by atoms with E-state index in [-0.39, 0.29) is 11.2 Å². The zero-order valence-electron chi connectivity index (χ0n) is 13.7. The summed E-state index contributed by atoms with van der Waals surface area (Å²) in [6.07, 6.45) is 1.25. The quantitative estimate of drug-likeness (QED) is 0.399. The maximum atomic E-state index is 14.4. The molecule has 4 rings (SSSR count). The van der Waals surface area contributed by atoms with E-state index >= 15 is 0 Å². The van der Waals surface area contributed by atoms with Crippen LogP contribution in [0.4, 0.5) is 8.78 Å². The molecular weight excluding hydrogens is 374 g/mol. The second kappa shape index (κ2) is 6.48. The van der Waals surface area contributed by atoms with Gasteiger partial charge in [0.15, 0.2) is 0 Å². The van der Waals surface area contributed by atoms with Gasteiger partial charge in [-0.15, -0.1) is 0 Å². The summed E-state index contributed by atoms with van der Waals surface area (Å²) >= 11 is 6.26. The molecule has 0 radical (unpaired) electrons. The molecule has 0 amide bonds. The van der Waals surface area contributed by atoms with E-state index in [1.54, 1.807) is 24.3 Å². The minimum absolute atomic E-state index is 0.0893. The van der Waals surface area contributed by atoms with Crippen LogP contribution in [0, 0.1) is 11.6 Å². The lowest BCUT2D eigenvalue weighted by Crippen LogP contribution is -2.33. The highest BCUT2D eigenvalue weighted by atomic mass is 35.5. The fraction of sp³-hybridized carbons (Fsp3) is 0. The SMILES string of the molecule is O=c1cc(-c2ccccc2Cl)c2cc[n+](O)c(-c3c(F)cccc3F)c2[nH]1. The Balaban J connectivity index is 2.16. The van der Waals surface area contributed by atoms with Crippen LogP contribution in [0.25, 0.3) is 33.3 Å². The van der Waals surface area contributed by atoms with Crippen LogP contribution in [0.1, 0.15) is 0 Å². The van der Waals surface area contributed by atoms with Crippen LogP contribution in [0.2, 0.25) is 5.02 Å². The Morgan fingerprint density at radius 2 is 1.67 bits per heavy atom. The summed E-state index contributed by atoms with van der Waals surface area (Å²) in [5, 5.41) is 11.2. The molecule has 134 valence electrons. The number of nitrogens with zero attached hydrogens (tertiary/aromatic N) is 1. The summed E-state index contributed by atoms with van der Waals surface area (Å²) in [7, 11) is 0. The Kier molecular flexibility index (Phi) is 4.12. The van der Waals surface area contributed by atoms with Gasteiger partial charge in [0.25, 0.3) is 5.69 Å². The van der Waals surface area contributed by atoms with Gasteiger partial charge in [-0.1, -0.05) is 35.9 Å². The van der Waals surface area contributed by atoms with Gasteiger partial charge in [0, 0.05) is 32.8 Å². The van der Waals surface area contributed by atoms with Crippen molar-refractivity contribution >= 4 is 22.5 Å². The third-order valence-electron chi connectivity index (χ3n) is 4.30. The van der Waals surface area contributed by atoms with Gasteiger partial charge in [-0.05, 0) is 23.8 Å². The molecule has 0 saturated carbocycles. The highest BCUT2D eigenvalue weighted by Gasteiger charge is 2.27. The molecule has 27 heavy (non-hydrogen) atoms. The fourth-order valence-corrected chi connectivity index (χ4v) is 3.37. The van der Waals surface area contributed by atoms with Crippen molar-refractivity contribution in [3.05, 3.63) is 87.8 Å². The van der Waals surface area contributed by atoms with E-state index in [2.05, 4.69) is 4.98 Å². The number of H-pyrrole nitrogens is 1. The van der Waals surface area contributed by atoms with Crippen LogP contribution in [-0.2, 0) is 0 Å². The summed E-state index contributed by atoms with van der Waals surface area (Å²) < 4.78 is 29.3. The second-order valence-corrected chi connectivity index (χ2v) is 6.33. The Morgan fingerprint density at radius 3 is 2.37 bits per heavy atom. The molecule has 2 aromatic carbocycles. The van der Waals surface area contributed by atoms with Crippen molar-refractivity contribution in [1.82, 2.24) is 4.98 Å². The van der Waals surface area contributed by atoms with Crippen molar-refractivity contribution in [1.29, 1.82) is 0 Å². The van der Waals surface area contributed by atoms with Crippen molar-refractivity contribution in [2.45, 2.75) is 0 Å². The maximum absolute atomic E-state index is 14.4. The van der Waals surface area contributed by atoms with Crippen molar-refractivity contribution < 1.29 is 18.7 Å². The van der Waals surface area contributed by atoms with Crippen molar-refractivity contribution in [2.24, 2.45) is 0 Å². The lowest BCUT2D eigenvalue weighted by Gasteiger charge is -2.10. The predicted molar refractivity (Wildman–Crippen MR) is 97.7 cm³/mol. The van der Waals surface area contributed by atoms with E-state index in [1.807, 2.05) is 0 Å². The number of aromatic nitrogens is 2. The molecule has 0 saturated heterocycles. The Hall–Kier alpha value is -3.25. The van der Waals surface area contributed by atoms with Gasteiger partial charge < -0.3 is 4.98 Å². The summed E-state index contributed by atoms with van der Waals surface area (Å²) in [6.45, 7) is 0. The summed E-state index contributed by atoms with van der Waals surface area (Å²) in [5.41, 5.74) is 0.0172. The number of fused-ring (bicyclic) bond motifs is 1. The number of benzene rings is 2. The number of aromatic amines is 1. The van der Waals surface area contributed by atoms with Crippen molar-refractivity contribution in [2.75, 3.05) is 0 Å². The molecule has 0 bridgehead atoms. The lowest BCUT2D eigenvalue weighted by molar-refractivity contribution is -0.895. The molecule has 0 aliphatic carbocycles. The number of hydrogen-bond acceptors (Lipinski definition) is 2. The van der Waals surface area contributed by atoms with Gasteiger partial charge in [0.1, 0.15) is 22.7 Å². The largest absolute Gasteiger partial charge is 0.316 e. The Morgan fingerprint density at radius 1 is 0.963 bits per heavy atom. The van der Waals surface area contributed by atoms with E-state index in [0.29, 0.717) is 26.3 Å². The molecule has 2 aromatic heterocycles. The van der Waals surface area contributed by atoms with Crippen LogP contribution in [-0.4, -0.2) is 10.2 Å². The predicted octanol–water partition coefficient (Wildman–Crippen LogP) is 4.32. The van der Waals surface area contributed by atoms with E-state index in [9.17, 15) is 18.8 Å². The summed E-state index contributed by atoms with van der Waals surface area (Å²) in [5.74, 6) is -1.73. The third-order valence-corrected chi connectivity index (χ3v) is 4.62. The normalized spacial score (nSPS) is 11.1. The smallest absolute Gasteiger partial charge is 0.294 e. The first-order valence-electron chi connectivity index (χ1n) is 7.97. The number of hydrogen-bond donors (Lipinski definition) is 2. The van der Waals surface area contributed by atoms with Crippen LogP contribution in [0.3, 0.4) is 0 Å².